The molecule has 0 radical (unpaired) electrons. The van der Waals surface area contributed by atoms with Crippen molar-refractivity contribution in [2.75, 3.05) is 23.4 Å². The number of aryl methyl sites for hydroxylation is 2. The lowest BCUT2D eigenvalue weighted by atomic mass is 10.2. The number of H-pyrrole nitrogens is 2. The van der Waals surface area contributed by atoms with Gasteiger partial charge in [0.05, 0.1) is 31.7 Å². The van der Waals surface area contributed by atoms with Crippen molar-refractivity contribution in [1.82, 2.24) is 38.6 Å². The Labute approximate surface area is 338 Å². The number of aromatic amines is 2. The monoisotopic (exact) mass is 969 g/mol. The molecule has 4 aromatic heterocycles. The highest BCUT2D eigenvalue weighted by Crippen LogP contribution is 2.52. The molecule has 11 atom stereocenters. The number of rotatable bonds is 14. The second-order valence-corrected chi connectivity index (χ2v) is 17.4. The molecule has 7 heterocycles. The van der Waals surface area contributed by atoms with E-state index in [0.717, 1.165) is 9.13 Å². The van der Waals surface area contributed by atoms with Crippen molar-refractivity contribution >= 4 is 55.2 Å². The number of nitrogens with two attached hydrogens (primary N) is 1. The van der Waals surface area contributed by atoms with Gasteiger partial charge in [0.2, 0.25) is 0 Å². The van der Waals surface area contributed by atoms with E-state index in [1.54, 1.807) is 4.57 Å². The van der Waals surface area contributed by atoms with Gasteiger partial charge >= 0.3 is 27.0 Å². The minimum absolute atomic E-state index is 0.0750. The molecule has 0 aliphatic carbocycles. The lowest BCUT2D eigenvalue weighted by Crippen LogP contribution is -2.33. The zero-order chi connectivity index (χ0) is 41.7. The molecule has 0 aromatic carbocycles. The lowest BCUT2D eigenvalue weighted by molar-refractivity contribution is -0.0590. The number of nitrogen functional groups attached to an aromatic ring is 1. The number of hydrogen-bond donors (Lipinski definition) is 6. The van der Waals surface area contributed by atoms with E-state index >= 15 is 0 Å². The van der Waals surface area contributed by atoms with Crippen LogP contribution < -0.4 is 28.2 Å². The summed E-state index contributed by atoms with van der Waals surface area (Å²) in [5.41, 5.74) is 4.05. The van der Waals surface area contributed by atoms with Crippen molar-refractivity contribution in [3.63, 3.8) is 0 Å². The van der Waals surface area contributed by atoms with E-state index in [2.05, 4.69) is 24.9 Å². The van der Waals surface area contributed by atoms with Crippen molar-refractivity contribution < 1.29 is 56.3 Å². The number of imidazole rings is 1. The molecule has 316 valence electrons. The van der Waals surface area contributed by atoms with Crippen molar-refractivity contribution in [2.45, 2.75) is 88.4 Å². The largest absolute Gasteiger partial charge is 0.472 e. The fraction of sp³-hybridized carbons (Fsp3) is 0.567. The van der Waals surface area contributed by atoms with Crippen molar-refractivity contribution in [2.24, 2.45) is 0 Å². The first kappa shape index (κ1) is 42.6. The standard InChI is InChI=1S/C30H38IN9O16P2/c1-13-7-38(29(44)36-27(13)42)21-3-15(41)19(53-21)9-50-57(46,47)56-17-5-22(39-8-14(2)28(43)37-30(39)45)54-20(17)10-51-58(48,49)55-16-4-23(52-18(16)6-31)40-12-35-24-25(32)33-11-34-26(24)40/h7-8,11-12,15-23,41H,3-6,9-10H2,1-2H3,(H,46,47)(H,48,49)(H2,32,33,34)(H,36,42,44)(H,37,43,45)/t15-,16-,17-,18+,19+,20+,21+,22+,23+/m0/s1. The Kier molecular flexibility index (Phi) is 12.4. The second kappa shape index (κ2) is 16.9. The number of fused-ring (bicyclic) bond motifs is 1. The number of aliphatic hydroxyl groups excluding tert-OH is 1. The van der Waals surface area contributed by atoms with E-state index in [4.69, 9.17) is 38.0 Å². The number of nitrogens with one attached hydrogen (secondary N) is 2. The van der Waals surface area contributed by atoms with E-state index in [-0.39, 0.29) is 36.2 Å². The second-order valence-electron chi connectivity index (χ2n) is 13.7. The number of anilines is 1. The van der Waals surface area contributed by atoms with Gasteiger partial charge in [-0.05, 0) is 13.8 Å². The number of aliphatic hydroxyl groups is 1. The molecule has 3 aliphatic heterocycles. The van der Waals surface area contributed by atoms with Gasteiger partial charge in [-0.3, -0.25) is 51.4 Å². The smallest absolute Gasteiger partial charge is 0.390 e. The van der Waals surface area contributed by atoms with E-state index in [1.807, 2.05) is 22.6 Å². The van der Waals surface area contributed by atoms with Crippen LogP contribution >= 0.6 is 38.2 Å². The topological polar surface area (TPSA) is 339 Å². The molecule has 3 saturated heterocycles. The number of ether oxygens (including phenoxy) is 3. The molecule has 2 unspecified atom stereocenters. The van der Waals surface area contributed by atoms with Crippen molar-refractivity contribution in [1.29, 1.82) is 0 Å². The summed E-state index contributed by atoms with van der Waals surface area (Å²) in [7, 11) is -9.99. The Balaban J connectivity index is 1.02. The highest BCUT2D eigenvalue weighted by molar-refractivity contribution is 14.1. The number of alkyl halides is 1. The first-order valence-electron chi connectivity index (χ1n) is 17.5. The number of halogens is 1. The van der Waals surface area contributed by atoms with Crippen molar-refractivity contribution in [3.8, 4) is 0 Å². The Hall–Kier alpha value is -3.50. The molecule has 0 bridgehead atoms. The van der Waals surface area contributed by atoms with Crippen LogP contribution in [0.4, 0.5) is 5.82 Å². The molecular weight excluding hydrogens is 931 g/mol. The van der Waals surface area contributed by atoms with Gasteiger partial charge < -0.3 is 34.8 Å². The Bertz CT molecular complexity index is 2510. The van der Waals surface area contributed by atoms with Crippen LogP contribution in [-0.2, 0) is 41.4 Å². The maximum Gasteiger partial charge on any atom is 0.472 e. The van der Waals surface area contributed by atoms with Gasteiger partial charge in [0, 0.05) is 47.2 Å². The first-order chi connectivity index (χ1) is 27.4. The predicted molar refractivity (Wildman–Crippen MR) is 204 cm³/mol. The molecular formula is C30H38IN9O16P2. The van der Waals surface area contributed by atoms with E-state index < -0.39 is 107 Å². The quantitative estimate of drug-likeness (QED) is 0.0541. The Morgan fingerprint density at radius 1 is 0.793 bits per heavy atom. The molecule has 3 fully saturated rings. The highest BCUT2D eigenvalue weighted by atomic mass is 127. The maximum atomic E-state index is 13.4. The van der Waals surface area contributed by atoms with Gasteiger partial charge in [0.1, 0.15) is 54.9 Å². The van der Waals surface area contributed by atoms with Crippen LogP contribution in [0.15, 0.2) is 44.2 Å². The Morgan fingerprint density at radius 2 is 1.29 bits per heavy atom. The number of phosphoric ester groups is 2. The molecule has 0 spiro atoms. The van der Waals surface area contributed by atoms with Crippen LogP contribution in [0.3, 0.4) is 0 Å². The summed E-state index contributed by atoms with van der Waals surface area (Å²) in [6.07, 6.45) is -5.14. The molecule has 4 aromatic rings. The SMILES string of the molecule is Cc1cn([C@H]2C[C@H](OP(=O)(O)OC[C@H]3O[C@@H](n4cc(C)c(=O)[nH]c4=O)C[C@@H]3O)[C@@H](COP(=O)(O)O[C@H]3C[C@H](n4cnc5c(N)ncnc54)O[C@@H]3CI)O2)c(=O)[nH]c1=O. The van der Waals surface area contributed by atoms with Gasteiger partial charge in [0.15, 0.2) is 11.5 Å². The molecule has 0 saturated carbocycles. The number of hydrogen-bond acceptors (Lipinski definition) is 18. The summed E-state index contributed by atoms with van der Waals surface area (Å²) >= 11 is 2.03. The number of phosphoric acid groups is 2. The minimum Gasteiger partial charge on any atom is -0.390 e. The summed E-state index contributed by atoms with van der Waals surface area (Å²) in [4.78, 5) is 87.2. The summed E-state index contributed by atoms with van der Waals surface area (Å²) in [6.45, 7) is 1.44. The molecule has 28 heteroatoms. The summed E-state index contributed by atoms with van der Waals surface area (Å²) < 4.78 is 69.9. The average Bonchev–Trinajstić information content (AvgIpc) is 3.95. The molecule has 7 rings (SSSR count). The normalized spacial score (nSPS) is 29.5. The van der Waals surface area contributed by atoms with Crippen LogP contribution in [0.2, 0.25) is 0 Å². The van der Waals surface area contributed by atoms with E-state index in [0.29, 0.717) is 15.6 Å². The molecule has 3 aliphatic rings. The summed E-state index contributed by atoms with van der Waals surface area (Å²) in [5.74, 6) is 0.157. The number of nitrogens with zero attached hydrogens (tertiary/aromatic N) is 6. The maximum absolute atomic E-state index is 13.4. The van der Waals surface area contributed by atoms with Crippen LogP contribution in [0.5, 0.6) is 0 Å². The van der Waals surface area contributed by atoms with E-state index in [9.17, 15) is 43.2 Å². The fourth-order valence-corrected chi connectivity index (χ4v) is 9.40. The highest BCUT2D eigenvalue weighted by Gasteiger charge is 2.46. The van der Waals surface area contributed by atoms with Gasteiger partial charge in [0.25, 0.3) is 11.1 Å². The fourth-order valence-electron chi connectivity index (χ4n) is 6.71. The molecule has 0 amide bonds. The van der Waals surface area contributed by atoms with Crippen molar-refractivity contribution in [3.05, 3.63) is 77.9 Å². The van der Waals surface area contributed by atoms with Gasteiger partial charge in [-0.25, -0.2) is 33.7 Å². The zero-order valence-corrected chi connectivity index (χ0v) is 34.4. The average molecular weight is 970 g/mol. The van der Waals surface area contributed by atoms with Crippen LogP contribution in [-0.4, -0.2) is 108 Å². The van der Waals surface area contributed by atoms with Gasteiger partial charge in [-0.1, -0.05) is 22.6 Å². The predicted octanol–water partition coefficient (Wildman–Crippen LogP) is -0.211. The summed E-state index contributed by atoms with van der Waals surface area (Å²) in [6, 6.07) is 0. The Morgan fingerprint density at radius 3 is 1.88 bits per heavy atom. The first-order valence-corrected chi connectivity index (χ1v) is 22.0. The molecule has 25 nitrogen and oxygen atoms in total. The molecule has 7 N–H and O–H groups in total. The lowest BCUT2D eigenvalue weighted by Gasteiger charge is -2.24. The third-order valence-electron chi connectivity index (χ3n) is 9.67. The summed E-state index contributed by atoms with van der Waals surface area (Å²) in [5, 5.41) is 10.6. The van der Waals surface area contributed by atoms with Crippen LogP contribution in [0.25, 0.3) is 11.2 Å². The third kappa shape index (κ3) is 9.13. The van der Waals surface area contributed by atoms with Crippen LogP contribution in [0.1, 0.15) is 49.1 Å². The van der Waals surface area contributed by atoms with Crippen LogP contribution in [0, 0.1) is 13.8 Å². The zero-order valence-electron chi connectivity index (χ0n) is 30.4. The van der Waals surface area contributed by atoms with Gasteiger partial charge in [-0.15, -0.1) is 0 Å². The third-order valence-corrected chi connectivity index (χ3v) is 12.6. The molecule has 58 heavy (non-hydrogen) atoms. The van der Waals surface area contributed by atoms with Gasteiger partial charge in [-0.2, -0.15) is 0 Å². The minimum atomic E-state index is -5.07. The number of aromatic nitrogens is 8. The van der Waals surface area contributed by atoms with E-state index in [1.165, 1.54) is 38.9 Å².